The van der Waals surface area contributed by atoms with Crippen LogP contribution in [0.5, 0.6) is 0 Å². The zero-order valence-corrected chi connectivity index (χ0v) is 11.0. The van der Waals surface area contributed by atoms with Crippen molar-refractivity contribution in [3.63, 3.8) is 0 Å². The van der Waals surface area contributed by atoms with Crippen LogP contribution in [0.2, 0.25) is 0 Å². The molecule has 4 aliphatic rings. The Bertz CT molecular complexity index is 343. The average Bonchev–Trinajstić information content (AvgIpc) is 3.31. The van der Waals surface area contributed by atoms with Crippen LogP contribution in [0, 0.1) is 5.21 Å². The van der Waals surface area contributed by atoms with Crippen molar-refractivity contribution < 1.29 is 19.5 Å². The number of quaternary nitrogens is 1. The summed E-state index contributed by atoms with van der Waals surface area (Å²) >= 11 is 0. The molecule has 2 heterocycles. The quantitative estimate of drug-likeness (QED) is 0.400. The maximum absolute atomic E-state index is 11.9. The number of nitrogens with one attached hydrogen (secondary N) is 2. The van der Waals surface area contributed by atoms with Crippen LogP contribution in [0.25, 0.3) is 0 Å². The molecular formula is C13H22N2O4. The van der Waals surface area contributed by atoms with E-state index in [1.807, 2.05) is 0 Å². The molecule has 4 rings (SSSR count). The first-order chi connectivity index (χ1) is 9.29. The summed E-state index contributed by atoms with van der Waals surface area (Å²) in [6, 6.07) is 0.493. The van der Waals surface area contributed by atoms with E-state index in [0.29, 0.717) is 37.2 Å². The molecule has 7 atom stereocenters. The van der Waals surface area contributed by atoms with Crippen molar-refractivity contribution in [1.82, 2.24) is 5.32 Å². The average molecular weight is 270 g/mol. The predicted molar refractivity (Wildman–Crippen MR) is 66.0 cm³/mol. The summed E-state index contributed by atoms with van der Waals surface area (Å²) in [5.41, 5.74) is 0. The summed E-state index contributed by atoms with van der Waals surface area (Å²) < 4.78 is 10.9. The first-order valence-electron chi connectivity index (χ1n) is 7.50. The second kappa shape index (κ2) is 4.95. The summed E-state index contributed by atoms with van der Waals surface area (Å²) in [7, 11) is 0. The molecule has 0 spiro atoms. The van der Waals surface area contributed by atoms with Gasteiger partial charge in [0, 0.05) is 18.9 Å². The Morgan fingerprint density at radius 3 is 2.47 bits per heavy atom. The smallest absolute Gasteiger partial charge is 0.157 e. The Balaban J connectivity index is 1.15. The molecule has 2 aliphatic heterocycles. The summed E-state index contributed by atoms with van der Waals surface area (Å²) in [4.78, 5) is 5.35. The van der Waals surface area contributed by atoms with Gasteiger partial charge in [-0.3, -0.25) is 5.32 Å². The third-order valence-electron chi connectivity index (χ3n) is 4.93. The van der Waals surface area contributed by atoms with E-state index in [1.54, 1.807) is 0 Å². The van der Waals surface area contributed by atoms with Crippen LogP contribution in [0.3, 0.4) is 0 Å². The molecule has 2 saturated carbocycles. The Hall–Kier alpha value is -0.240. The van der Waals surface area contributed by atoms with E-state index >= 15 is 0 Å². The minimum Gasteiger partial charge on any atom is -0.600 e. The van der Waals surface area contributed by atoms with Gasteiger partial charge in [-0.05, 0) is 25.7 Å². The minimum atomic E-state index is -0.0576. The maximum atomic E-state index is 11.9. The van der Waals surface area contributed by atoms with Crippen LogP contribution in [0.4, 0.5) is 0 Å². The standard InChI is InChI=1S/C13H22N2O4/c16-15(9-2-4-11-13(6-9)19-11)17-7-14-8-1-3-10-12(5-8)18-10/h8-15H,1-7H2. The number of ether oxygens (including phenoxy) is 2. The molecule has 2 saturated heterocycles. The van der Waals surface area contributed by atoms with Crippen LogP contribution in [0.1, 0.15) is 38.5 Å². The topological polar surface area (TPSA) is 73.8 Å². The van der Waals surface area contributed by atoms with Gasteiger partial charge in [0.25, 0.3) is 0 Å². The third-order valence-corrected chi connectivity index (χ3v) is 4.93. The number of hydrogen-bond donors (Lipinski definition) is 2. The molecule has 19 heavy (non-hydrogen) atoms. The summed E-state index contributed by atoms with van der Waals surface area (Å²) in [6.45, 7) is 0.340. The van der Waals surface area contributed by atoms with E-state index in [1.165, 1.54) is 0 Å². The van der Waals surface area contributed by atoms with Gasteiger partial charge in [0.05, 0.1) is 24.4 Å². The highest BCUT2D eigenvalue weighted by Gasteiger charge is 2.46. The van der Waals surface area contributed by atoms with E-state index in [2.05, 4.69) is 5.32 Å². The van der Waals surface area contributed by atoms with Crippen molar-refractivity contribution >= 4 is 0 Å². The number of hydroxylamine groups is 2. The fourth-order valence-electron chi connectivity index (χ4n) is 3.56. The molecule has 0 aromatic rings. The zero-order valence-electron chi connectivity index (χ0n) is 11.0. The summed E-state index contributed by atoms with van der Waals surface area (Å²) in [6.07, 6.45) is 7.87. The van der Waals surface area contributed by atoms with Crippen LogP contribution in [-0.4, -0.2) is 43.2 Å². The number of rotatable bonds is 5. The molecule has 0 amide bonds. The first-order valence-corrected chi connectivity index (χ1v) is 7.50. The Labute approximate surface area is 112 Å². The van der Waals surface area contributed by atoms with Crippen LogP contribution >= 0.6 is 0 Å². The van der Waals surface area contributed by atoms with Gasteiger partial charge < -0.3 is 14.7 Å². The van der Waals surface area contributed by atoms with Crippen molar-refractivity contribution in [2.45, 2.75) is 75.0 Å². The van der Waals surface area contributed by atoms with Gasteiger partial charge in [0.15, 0.2) is 6.73 Å². The number of hydrogen-bond acceptors (Lipinski definition) is 5. The van der Waals surface area contributed by atoms with Crippen molar-refractivity contribution in [2.75, 3.05) is 6.73 Å². The molecule has 7 unspecified atom stereocenters. The molecule has 4 fully saturated rings. The monoisotopic (exact) mass is 270 g/mol. The van der Waals surface area contributed by atoms with Gasteiger partial charge in [-0.2, -0.15) is 4.84 Å². The normalized spacial score (nSPS) is 49.1. The lowest BCUT2D eigenvalue weighted by molar-refractivity contribution is -1.07. The molecule has 108 valence electrons. The van der Waals surface area contributed by atoms with Crippen LogP contribution < -0.4 is 10.5 Å². The second-order valence-electron chi connectivity index (χ2n) is 6.26. The van der Waals surface area contributed by atoms with Crippen LogP contribution in [-0.2, 0) is 14.3 Å². The van der Waals surface area contributed by atoms with Gasteiger partial charge in [0.1, 0.15) is 6.04 Å². The molecule has 0 radical (unpaired) electrons. The van der Waals surface area contributed by atoms with Gasteiger partial charge in [-0.25, -0.2) is 5.23 Å². The lowest BCUT2D eigenvalue weighted by Crippen LogP contribution is -3.11. The van der Waals surface area contributed by atoms with Crippen molar-refractivity contribution in [2.24, 2.45) is 0 Å². The number of epoxide rings is 2. The number of fused-ring (bicyclic) bond motifs is 2. The second-order valence-corrected chi connectivity index (χ2v) is 6.26. The minimum absolute atomic E-state index is 0.0491. The fraction of sp³-hybridized carbons (Fsp3) is 1.00. The van der Waals surface area contributed by atoms with Crippen molar-refractivity contribution in [3.8, 4) is 0 Å². The third kappa shape index (κ3) is 2.79. The highest BCUT2D eigenvalue weighted by Crippen LogP contribution is 2.36. The molecule has 6 nitrogen and oxygen atoms in total. The molecular weight excluding hydrogens is 248 g/mol. The Morgan fingerprint density at radius 2 is 1.74 bits per heavy atom. The summed E-state index contributed by atoms with van der Waals surface area (Å²) in [5.74, 6) is 0. The van der Waals surface area contributed by atoms with Crippen molar-refractivity contribution in [3.05, 3.63) is 5.21 Å². The molecule has 0 bridgehead atoms. The Kier molecular flexibility index (Phi) is 3.25. The van der Waals surface area contributed by atoms with Gasteiger partial charge in [0.2, 0.25) is 0 Å². The Morgan fingerprint density at radius 1 is 1.00 bits per heavy atom. The molecule has 0 aromatic carbocycles. The highest BCUT2D eigenvalue weighted by atomic mass is 16.9. The molecule has 6 heteroatoms. The lowest BCUT2D eigenvalue weighted by atomic mass is 9.96. The predicted octanol–water partition coefficient (Wildman–Crippen LogP) is -0.512. The van der Waals surface area contributed by atoms with Crippen molar-refractivity contribution in [1.29, 1.82) is 0 Å². The van der Waals surface area contributed by atoms with E-state index in [9.17, 15) is 5.21 Å². The van der Waals surface area contributed by atoms with E-state index in [-0.39, 0.29) is 11.3 Å². The highest BCUT2D eigenvalue weighted by molar-refractivity contribution is 4.94. The fourth-order valence-corrected chi connectivity index (χ4v) is 3.56. The molecule has 0 aromatic heterocycles. The first kappa shape index (κ1) is 12.5. The van der Waals surface area contributed by atoms with Gasteiger partial charge in [-0.15, -0.1) is 0 Å². The van der Waals surface area contributed by atoms with Crippen LogP contribution in [0.15, 0.2) is 0 Å². The largest absolute Gasteiger partial charge is 0.600 e. The van der Waals surface area contributed by atoms with E-state index < -0.39 is 0 Å². The summed E-state index contributed by atoms with van der Waals surface area (Å²) in [5, 5.41) is 15.2. The maximum Gasteiger partial charge on any atom is 0.157 e. The van der Waals surface area contributed by atoms with Gasteiger partial charge >= 0.3 is 0 Å². The van der Waals surface area contributed by atoms with E-state index in [0.717, 1.165) is 38.5 Å². The molecule has 2 N–H and O–H groups in total. The van der Waals surface area contributed by atoms with Gasteiger partial charge in [-0.1, -0.05) is 0 Å². The molecule has 2 aliphatic carbocycles. The lowest BCUT2D eigenvalue weighted by Gasteiger charge is -2.31. The zero-order chi connectivity index (χ0) is 12.8. The van der Waals surface area contributed by atoms with E-state index in [4.69, 9.17) is 14.3 Å². The SMILES string of the molecule is [O-][NH+](OCNC1CCC2OC2C1)C1CCC2OC2C1.